The number of benzene rings is 1. The van der Waals surface area contributed by atoms with E-state index in [9.17, 15) is 4.79 Å². The van der Waals surface area contributed by atoms with Gasteiger partial charge in [-0.05, 0) is 36.4 Å². The van der Waals surface area contributed by atoms with E-state index in [4.69, 9.17) is 16.3 Å². The molecule has 0 saturated carbocycles. The van der Waals surface area contributed by atoms with Gasteiger partial charge in [0.05, 0.1) is 10.7 Å². The van der Waals surface area contributed by atoms with E-state index in [0.717, 1.165) is 16.9 Å². The average Bonchev–Trinajstić information content (AvgIpc) is 2.90. The summed E-state index contributed by atoms with van der Waals surface area (Å²) in [6.45, 7) is 0. The van der Waals surface area contributed by atoms with E-state index in [0.29, 0.717) is 10.8 Å². The van der Waals surface area contributed by atoms with Gasteiger partial charge in [-0.25, -0.2) is 9.78 Å². The van der Waals surface area contributed by atoms with Gasteiger partial charge in [-0.1, -0.05) is 11.6 Å². The van der Waals surface area contributed by atoms with Gasteiger partial charge in [0.2, 0.25) is 0 Å². The predicted molar refractivity (Wildman–Crippen MR) is 80.7 cm³/mol. The zero-order valence-corrected chi connectivity index (χ0v) is 12.0. The summed E-state index contributed by atoms with van der Waals surface area (Å²) in [5.74, 6) is 0.477. The Labute approximate surface area is 126 Å². The second kappa shape index (κ2) is 5.46. The molecular formula is C15H12ClN3O2. The molecule has 0 aliphatic heterocycles. The van der Waals surface area contributed by atoms with Crippen LogP contribution in [-0.4, -0.2) is 22.5 Å². The normalized spacial score (nSPS) is 10.6. The van der Waals surface area contributed by atoms with Gasteiger partial charge in [0.25, 0.3) is 0 Å². The Kier molecular flexibility index (Phi) is 3.50. The molecule has 0 saturated heterocycles. The van der Waals surface area contributed by atoms with Gasteiger partial charge in [0, 0.05) is 25.0 Å². The van der Waals surface area contributed by atoms with Crippen LogP contribution in [0, 0.1) is 0 Å². The Morgan fingerprint density at radius 1 is 1.19 bits per heavy atom. The second-order valence-electron chi connectivity index (χ2n) is 4.40. The van der Waals surface area contributed by atoms with Crippen LogP contribution in [0.15, 0.2) is 48.8 Å². The van der Waals surface area contributed by atoms with Crippen molar-refractivity contribution in [2.75, 3.05) is 7.05 Å². The quantitative estimate of drug-likeness (QED) is 0.789. The fraction of sp³-hybridized carbons (Fsp3) is 0.0667. The van der Waals surface area contributed by atoms with Crippen molar-refractivity contribution in [2.24, 2.45) is 0 Å². The zero-order valence-electron chi connectivity index (χ0n) is 11.2. The first-order valence-corrected chi connectivity index (χ1v) is 6.68. The third kappa shape index (κ3) is 2.83. The largest absolute Gasteiger partial charge is 0.412 e. The van der Waals surface area contributed by atoms with E-state index in [1.807, 2.05) is 28.8 Å². The predicted octanol–water partition coefficient (Wildman–Crippen LogP) is 3.37. The summed E-state index contributed by atoms with van der Waals surface area (Å²) >= 11 is 5.95. The first-order valence-electron chi connectivity index (χ1n) is 6.30. The van der Waals surface area contributed by atoms with Crippen LogP contribution < -0.4 is 10.1 Å². The average molecular weight is 302 g/mol. The van der Waals surface area contributed by atoms with Crippen LogP contribution in [0.2, 0.25) is 5.02 Å². The van der Waals surface area contributed by atoms with Crippen LogP contribution in [0.4, 0.5) is 4.79 Å². The molecule has 3 aromatic rings. The number of carbonyl (C=O) groups is 1. The standard InChI is InChI=1S/C15H12ClN3O2/c1-17-15(20)21-12-5-2-10(3-6-12)13-9-19-8-11(16)4-7-14(19)18-13/h2-9H,1H3,(H,17,20). The minimum atomic E-state index is -0.495. The maximum absolute atomic E-state index is 11.1. The highest BCUT2D eigenvalue weighted by Crippen LogP contribution is 2.23. The fourth-order valence-electron chi connectivity index (χ4n) is 1.96. The number of amides is 1. The van der Waals surface area contributed by atoms with Gasteiger partial charge in [-0.3, -0.25) is 0 Å². The molecule has 0 bridgehead atoms. The number of rotatable bonds is 2. The van der Waals surface area contributed by atoms with Crippen molar-refractivity contribution in [1.82, 2.24) is 14.7 Å². The van der Waals surface area contributed by atoms with Gasteiger partial charge in [-0.15, -0.1) is 0 Å². The Bertz CT molecular complexity index is 796. The van der Waals surface area contributed by atoms with Gasteiger partial charge >= 0.3 is 6.09 Å². The van der Waals surface area contributed by atoms with E-state index >= 15 is 0 Å². The Morgan fingerprint density at radius 2 is 1.95 bits per heavy atom. The van der Waals surface area contributed by atoms with Gasteiger partial charge in [0.1, 0.15) is 11.4 Å². The fourth-order valence-corrected chi connectivity index (χ4v) is 2.12. The first kappa shape index (κ1) is 13.5. The molecule has 0 atom stereocenters. The molecule has 0 spiro atoms. The van der Waals surface area contributed by atoms with Crippen LogP contribution in [0.5, 0.6) is 5.75 Å². The van der Waals surface area contributed by atoms with Crippen LogP contribution in [0.25, 0.3) is 16.9 Å². The number of pyridine rings is 1. The Hall–Kier alpha value is -2.53. The van der Waals surface area contributed by atoms with Crippen LogP contribution >= 0.6 is 11.6 Å². The van der Waals surface area contributed by atoms with Crippen LogP contribution in [0.1, 0.15) is 0 Å². The summed E-state index contributed by atoms with van der Waals surface area (Å²) in [5, 5.41) is 3.05. The van der Waals surface area contributed by atoms with Crippen LogP contribution in [-0.2, 0) is 0 Å². The van der Waals surface area contributed by atoms with Crippen molar-refractivity contribution in [3.63, 3.8) is 0 Å². The van der Waals surface area contributed by atoms with Crippen molar-refractivity contribution >= 4 is 23.3 Å². The summed E-state index contributed by atoms with van der Waals surface area (Å²) in [5.41, 5.74) is 2.57. The third-order valence-corrected chi connectivity index (χ3v) is 3.20. The topological polar surface area (TPSA) is 55.6 Å². The number of fused-ring (bicyclic) bond motifs is 1. The maximum Gasteiger partial charge on any atom is 0.412 e. The van der Waals surface area contributed by atoms with E-state index in [2.05, 4.69) is 10.3 Å². The number of carbonyl (C=O) groups excluding carboxylic acids is 1. The summed E-state index contributed by atoms with van der Waals surface area (Å²) in [7, 11) is 1.51. The van der Waals surface area contributed by atoms with E-state index in [-0.39, 0.29) is 0 Å². The summed E-state index contributed by atoms with van der Waals surface area (Å²) < 4.78 is 6.90. The molecule has 21 heavy (non-hydrogen) atoms. The first-order chi connectivity index (χ1) is 10.2. The van der Waals surface area contributed by atoms with Crippen molar-refractivity contribution in [3.05, 3.63) is 53.8 Å². The highest BCUT2D eigenvalue weighted by molar-refractivity contribution is 6.30. The molecule has 1 amide bonds. The van der Waals surface area contributed by atoms with Gasteiger partial charge < -0.3 is 14.5 Å². The van der Waals surface area contributed by atoms with Crippen molar-refractivity contribution in [3.8, 4) is 17.0 Å². The van der Waals surface area contributed by atoms with E-state index < -0.39 is 6.09 Å². The smallest absolute Gasteiger partial charge is 0.410 e. The number of nitrogens with zero attached hydrogens (tertiary/aromatic N) is 2. The number of hydrogen-bond donors (Lipinski definition) is 1. The highest BCUT2D eigenvalue weighted by atomic mass is 35.5. The molecule has 0 unspecified atom stereocenters. The molecular weight excluding hydrogens is 290 g/mol. The number of halogens is 1. The lowest BCUT2D eigenvalue weighted by molar-refractivity contribution is 0.203. The lowest BCUT2D eigenvalue weighted by Crippen LogP contribution is -2.21. The van der Waals surface area contributed by atoms with E-state index in [1.165, 1.54) is 7.05 Å². The Balaban J connectivity index is 1.90. The van der Waals surface area contributed by atoms with Gasteiger partial charge in [0.15, 0.2) is 0 Å². The molecule has 0 fully saturated rings. The summed E-state index contributed by atoms with van der Waals surface area (Å²) in [6, 6.07) is 10.8. The molecule has 1 aromatic carbocycles. The molecule has 5 nitrogen and oxygen atoms in total. The molecule has 0 aliphatic carbocycles. The number of aromatic nitrogens is 2. The monoisotopic (exact) mass is 301 g/mol. The minimum Gasteiger partial charge on any atom is -0.410 e. The minimum absolute atomic E-state index is 0.477. The second-order valence-corrected chi connectivity index (χ2v) is 4.84. The zero-order chi connectivity index (χ0) is 14.8. The lowest BCUT2D eigenvalue weighted by Gasteiger charge is -2.03. The Morgan fingerprint density at radius 3 is 2.67 bits per heavy atom. The number of ether oxygens (including phenoxy) is 1. The molecule has 3 rings (SSSR count). The van der Waals surface area contributed by atoms with Crippen molar-refractivity contribution in [2.45, 2.75) is 0 Å². The molecule has 2 heterocycles. The lowest BCUT2D eigenvalue weighted by atomic mass is 10.2. The number of hydrogen-bond acceptors (Lipinski definition) is 3. The van der Waals surface area contributed by atoms with Crippen molar-refractivity contribution < 1.29 is 9.53 Å². The molecule has 0 aliphatic rings. The van der Waals surface area contributed by atoms with Crippen LogP contribution in [0.3, 0.4) is 0 Å². The number of imidazole rings is 1. The van der Waals surface area contributed by atoms with Gasteiger partial charge in [-0.2, -0.15) is 0 Å². The maximum atomic E-state index is 11.1. The molecule has 1 N–H and O–H groups in total. The molecule has 6 heteroatoms. The molecule has 106 valence electrons. The molecule has 2 aromatic heterocycles. The summed E-state index contributed by atoms with van der Waals surface area (Å²) in [4.78, 5) is 15.6. The van der Waals surface area contributed by atoms with E-state index in [1.54, 1.807) is 24.4 Å². The SMILES string of the molecule is CNC(=O)Oc1ccc(-c2cn3cc(Cl)ccc3n2)cc1. The highest BCUT2D eigenvalue weighted by Gasteiger charge is 2.06. The summed E-state index contributed by atoms with van der Waals surface area (Å²) in [6.07, 6.45) is 3.21. The molecule has 0 radical (unpaired) electrons. The third-order valence-electron chi connectivity index (χ3n) is 2.98. The van der Waals surface area contributed by atoms with Crippen molar-refractivity contribution in [1.29, 1.82) is 0 Å². The number of nitrogens with one attached hydrogen (secondary N) is 1.